The van der Waals surface area contributed by atoms with Crippen LogP contribution in [0.25, 0.3) is 0 Å². The Kier molecular flexibility index (Phi) is 6.50. The van der Waals surface area contributed by atoms with E-state index in [0.717, 1.165) is 29.7 Å². The molecule has 3 aromatic carbocycles. The van der Waals surface area contributed by atoms with E-state index >= 15 is 0 Å². The molecule has 2 N–H and O–H groups in total. The molecule has 0 bridgehead atoms. The van der Waals surface area contributed by atoms with E-state index in [-0.39, 0.29) is 23.8 Å². The summed E-state index contributed by atoms with van der Waals surface area (Å²) in [6, 6.07) is 20.9. The van der Waals surface area contributed by atoms with Crippen molar-refractivity contribution in [2.75, 3.05) is 11.9 Å². The standard InChI is InChI=1S/C26H26FN3O2/c1-2-3-16-28-25(31)19-10-14-21(15-11-19)29-24-22-6-4-5-7-23(22)26(32)30(24)17-18-8-12-20(27)13-9-18/h4-15,24,29H,2-3,16-17H2,1H3,(H,28,31). The minimum absolute atomic E-state index is 0.0747. The molecule has 0 spiro atoms. The molecule has 4 rings (SSSR count). The van der Waals surface area contributed by atoms with Crippen molar-refractivity contribution in [3.63, 3.8) is 0 Å². The van der Waals surface area contributed by atoms with E-state index in [4.69, 9.17) is 0 Å². The predicted octanol–water partition coefficient (Wildman–Crippen LogP) is 5.12. The van der Waals surface area contributed by atoms with Gasteiger partial charge in [0.15, 0.2) is 0 Å². The van der Waals surface area contributed by atoms with Crippen molar-refractivity contribution in [1.29, 1.82) is 0 Å². The molecule has 0 saturated heterocycles. The molecule has 0 aromatic heterocycles. The number of halogens is 1. The van der Waals surface area contributed by atoms with Crippen LogP contribution in [0.3, 0.4) is 0 Å². The zero-order valence-electron chi connectivity index (χ0n) is 18.0. The van der Waals surface area contributed by atoms with Gasteiger partial charge in [-0.05, 0) is 54.4 Å². The second-order valence-corrected chi connectivity index (χ2v) is 7.88. The van der Waals surface area contributed by atoms with Gasteiger partial charge in [0, 0.05) is 35.5 Å². The van der Waals surface area contributed by atoms with Crippen LogP contribution in [0.1, 0.15) is 57.8 Å². The van der Waals surface area contributed by atoms with Crippen molar-refractivity contribution in [1.82, 2.24) is 10.2 Å². The zero-order chi connectivity index (χ0) is 22.5. The van der Waals surface area contributed by atoms with Gasteiger partial charge in [0.2, 0.25) is 0 Å². The van der Waals surface area contributed by atoms with Crippen molar-refractivity contribution in [3.05, 3.63) is 101 Å². The summed E-state index contributed by atoms with van der Waals surface area (Å²) >= 11 is 0. The summed E-state index contributed by atoms with van der Waals surface area (Å²) in [7, 11) is 0. The van der Waals surface area contributed by atoms with E-state index in [9.17, 15) is 14.0 Å². The molecule has 32 heavy (non-hydrogen) atoms. The van der Waals surface area contributed by atoms with Gasteiger partial charge in [0.25, 0.3) is 11.8 Å². The number of anilines is 1. The van der Waals surface area contributed by atoms with Gasteiger partial charge in [-0.2, -0.15) is 0 Å². The lowest BCUT2D eigenvalue weighted by atomic mass is 10.1. The average molecular weight is 432 g/mol. The molecule has 3 aromatic rings. The summed E-state index contributed by atoms with van der Waals surface area (Å²) < 4.78 is 13.3. The SMILES string of the molecule is CCCCNC(=O)c1ccc(NC2c3ccccc3C(=O)N2Cc2ccc(F)cc2)cc1. The molecule has 1 unspecified atom stereocenters. The number of rotatable bonds is 8. The maximum absolute atomic E-state index is 13.3. The molecule has 0 fully saturated rings. The summed E-state index contributed by atoms with van der Waals surface area (Å²) in [6.45, 7) is 3.09. The van der Waals surface area contributed by atoms with Gasteiger partial charge in [0.1, 0.15) is 12.0 Å². The Morgan fingerprint density at radius 3 is 2.44 bits per heavy atom. The number of fused-ring (bicyclic) bond motifs is 1. The lowest BCUT2D eigenvalue weighted by molar-refractivity contribution is 0.0728. The first kappa shape index (κ1) is 21.6. The van der Waals surface area contributed by atoms with Crippen LogP contribution in [0.15, 0.2) is 72.8 Å². The summed E-state index contributed by atoms with van der Waals surface area (Å²) in [5.41, 5.74) is 3.78. The number of hydrogen-bond donors (Lipinski definition) is 2. The number of amides is 2. The zero-order valence-corrected chi connectivity index (χ0v) is 18.0. The molecule has 0 aliphatic carbocycles. The highest BCUT2D eigenvalue weighted by molar-refractivity contribution is 5.99. The van der Waals surface area contributed by atoms with E-state index in [2.05, 4.69) is 17.6 Å². The Hall–Kier alpha value is -3.67. The number of carbonyl (C=O) groups excluding carboxylic acids is 2. The van der Waals surface area contributed by atoms with Crippen LogP contribution in [0, 0.1) is 5.82 Å². The highest BCUT2D eigenvalue weighted by atomic mass is 19.1. The van der Waals surface area contributed by atoms with Gasteiger partial charge < -0.3 is 15.5 Å². The monoisotopic (exact) mass is 431 g/mol. The van der Waals surface area contributed by atoms with Crippen LogP contribution >= 0.6 is 0 Å². The van der Waals surface area contributed by atoms with Crippen LogP contribution in [-0.4, -0.2) is 23.3 Å². The van der Waals surface area contributed by atoms with Crippen LogP contribution in [0.2, 0.25) is 0 Å². The maximum Gasteiger partial charge on any atom is 0.256 e. The van der Waals surface area contributed by atoms with E-state index in [1.165, 1.54) is 12.1 Å². The van der Waals surface area contributed by atoms with Gasteiger partial charge >= 0.3 is 0 Å². The van der Waals surface area contributed by atoms with Crippen molar-refractivity contribution in [3.8, 4) is 0 Å². The summed E-state index contributed by atoms with van der Waals surface area (Å²) in [6.07, 6.45) is 1.61. The highest BCUT2D eigenvalue weighted by Crippen LogP contribution is 2.35. The largest absolute Gasteiger partial charge is 0.361 e. The first-order chi connectivity index (χ1) is 15.6. The number of nitrogens with zero attached hydrogens (tertiary/aromatic N) is 1. The van der Waals surface area contributed by atoms with Crippen LogP contribution < -0.4 is 10.6 Å². The first-order valence-electron chi connectivity index (χ1n) is 10.9. The van der Waals surface area contributed by atoms with Crippen molar-refractivity contribution in [2.24, 2.45) is 0 Å². The smallest absolute Gasteiger partial charge is 0.256 e. The fraction of sp³-hybridized carbons (Fsp3) is 0.231. The average Bonchev–Trinajstić information content (AvgIpc) is 3.07. The van der Waals surface area contributed by atoms with Crippen LogP contribution in [0.5, 0.6) is 0 Å². The van der Waals surface area contributed by atoms with Gasteiger partial charge in [-0.3, -0.25) is 9.59 Å². The molecule has 164 valence electrons. The van der Waals surface area contributed by atoms with Crippen molar-refractivity contribution >= 4 is 17.5 Å². The molecular formula is C26H26FN3O2. The van der Waals surface area contributed by atoms with Gasteiger partial charge in [-0.25, -0.2) is 4.39 Å². The number of unbranched alkanes of at least 4 members (excludes halogenated alkanes) is 1. The highest BCUT2D eigenvalue weighted by Gasteiger charge is 2.36. The topological polar surface area (TPSA) is 61.4 Å². The van der Waals surface area contributed by atoms with Gasteiger partial charge in [-0.15, -0.1) is 0 Å². The van der Waals surface area contributed by atoms with Crippen LogP contribution in [-0.2, 0) is 6.54 Å². The summed E-state index contributed by atoms with van der Waals surface area (Å²) in [5, 5.41) is 6.34. The maximum atomic E-state index is 13.3. The molecule has 0 radical (unpaired) electrons. The number of carbonyl (C=O) groups is 2. The normalized spacial score (nSPS) is 14.9. The predicted molar refractivity (Wildman–Crippen MR) is 123 cm³/mol. The van der Waals surface area contributed by atoms with Crippen molar-refractivity contribution in [2.45, 2.75) is 32.5 Å². The molecule has 2 amide bonds. The van der Waals surface area contributed by atoms with E-state index in [1.54, 1.807) is 29.2 Å². The second-order valence-electron chi connectivity index (χ2n) is 7.88. The lowest BCUT2D eigenvalue weighted by Gasteiger charge is -2.27. The van der Waals surface area contributed by atoms with E-state index in [0.29, 0.717) is 24.2 Å². The molecule has 1 aliphatic heterocycles. The third-order valence-corrected chi connectivity index (χ3v) is 5.59. The Labute approximate surface area is 187 Å². The van der Waals surface area contributed by atoms with Crippen LogP contribution in [0.4, 0.5) is 10.1 Å². The third-order valence-electron chi connectivity index (χ3n) is 5.59. The minimum atomic E-state index is -0.368. The summed E-state index contributed by atoms with van der Waals surface area (Å²) in [4.78, 5) is 27.1. The Morgan fingerprint density at radius 1 is 1.00 bits per heavy atom. The molecule has 1 atom stereocenters. The number of hydrogen-bond acceptors (Lipinski definition) is 3. The molecular weight excluding hydrogens is 405 g/mol. The molecule has 1 heterocycles. The van der Waals surface area contributed by atoms with Gasteiger partial charge in [0.05, 0.1) is 0 Å². The number of benzene rings is 3. The van der Waals surface area contributed by atoms with E-state index in [1.807, 2.05) is 36.4 Å². The molecule has 6 heteroatoms. The lowest BCUT2D eigenvalue weighted by Crippen LogP contribution is -2.32. The third kappa shape index (κ3) is 4.64. The number of nitrogens with one attached hydrogen (secondary N) is 2. The molecule has 5 nitrogen and oxygen atoms in total. The first-order valence-corrected chi connectivity index (χ1v) is 10.9. The Bertz CT molecular complexity index is 1100. The Morgan fingerprint density at radius 2 is 1.72 bits per heavy atom. The van der Waals surface area contributed by atoms with E-state index < -0.39 is 0 Å². The molecule has 0 saturated carbocycles. The van der Waals surface area contributed by atoms with Crippen molar-refractivity contribution < 1.29 is 14.0 Å². The Balaban J connectivity index is 1.53. The fourth-order valence-electron chi connectivity index (χ4n) is 3.83. The second kappa shape index (κ2) is 9.64. The minimum Gasteiger partial charge on any atom is -0.361 e. The fourth-order valence-corrected chi connectivity index (χ4v) is 3.83. The molecule has 1 aliphatic rings. The summed E-state index contributed by atoms with van der Waals surface area (Å²) in [5.74, 6) is -0.475. The van der Waals surface area contributed by atoms with Gasteiger partial charge in [-0.1, -0.05) is 43.7 Å². The quantitative estimate of drug-likeness (QED) is 0.487.